The molecule has 0 saturated heterocycles. The number of nitrogens with one attached hydrogen (secondary N) is 2. The van der Waals surface area contributed by atoms with Crippen LogP contribution in [0.15, 0.2) is 181 Å². The molecule has 6 aromatic carbocycles. The van der Waals surface area contributed by atoms with Crippen molar-refractivity contribution < 1.29 is 37.9 Å². The SMILES string of the molecule is COc1ccc(CNc2cc(Oc3ccc(Br)nc3)c3cc(OC)c(OC)cc3n2)cc1.COc1ccc(CNc2cc(Oc3ccc(N)nc3)c3cc(OC)c(OC)cc3n2)cc1.c1ccc(-c2ccccc2P(C2CCCCC2)C2CCCCC2)cc1. The molecule has 0 unspecified atom stereocenters. The number of nitrogen functional groups attached to an aromatic ring is 1. The van der Waals surface area contributed by atoms with Gasteiger partial charge in [0, 0.05) is 48.1 Å². The van der Waals surface area contributed by atoms with Crippen LogP contribution in [0, 0.1) is 0 Å². The zero-order chi connectivity index (χ0) is 61.9. The lowest BCUT2D eigenvalue weighted by Crippen LogP contribution is -2.27. The summed E-state index contributed by atoms with van der Waals surface area (Å²) in [5.74, 6) is 8.11. The van der Waals surface area contributed by atoms with Crippen molar-refractivity contribution in [2.45, 2.75) is 88.6 Å². The fourth-order valence-electron chi connectivity index (χ4n) is 11.4. The first-order chi connectivity index (χ1) is 43.6. The highest BCUT2D eigenvalue weighted by atomic mass is 79.9. The Hall–Kier alpha value is -8.85. The highest BCUT2D eigenvalue weighted by molar-refractivity contribution is 9.10. The molecule has 0 atom stereocenters. The summed E-state index contributed by atoms with van der Waals surface area (Å²) >= 11 is 3.34. The molecular formula is C72H77BrN7O8P. The van der Waals surface area contributed by atoms with E-state index in [1.807, 2.05) is 97.1 Å². The lowest BCUT2D eigenvalue weighted by Gasteiger charge is -2.39. The molecule has 15 nitrogen and oxygen atoms in total. The van der Waals surface area contributed by atoms with Gasteiger partial charge in [0.1, 0.15) is 56.6 Å². The third-order valence-corrected chi connectivity index (χ3v) is 20.0. The molecule has 460 valence electrons. The van der Waals surface area contributed by atoms with Crippen LogP contribution in [0.1, 0.15) is 75.3 Å². The van der Waals surface area contributed by atoms with Crippen molar-refractivity contribution in [3.8, 4) is 68.6 Å². The van der Waals surface area contributed by atoms with Crippen LogP contribution in [0.3, 0.4) is 0 Å². The number of aromatic nitrogens is 4. The van der Waals surface area contributed by atoms with Gasteiger partial charge in [0.2, 0.25) is 0 Å². The van der Waals surface area contributed by atoms with Gasteiger partial charge in [-0.05, 0) is 141 Å². The van der Waals surface area contributed by atoms with E-state index in [9.17, 15) is 0 Å². The normalized spacial score (nSPS) is 13.3. The smallest absolute Gasteiger partial charge is 0.162 e. The molecule has 2 aliphatic carbocycles. The molecule has 4 heterocycles. The molecular weight excluding hydrogens is 1200 g/mol. The van der Waals surface area contributed by atoms with Gasteiger partial charge in [0.05, 0.1) is 66.1 Å². The van der Waals surface area contributed by atoms with E-state index in [0.717, 1.165) is 49.3 Å². The summed E-state index contributed by atoms with van der Waals surface area (Å²) in [4.78, 5) is 17.8. The number of anilines is 3. The van der Waals surface area contributed by atoms with Crippen molar-refractivity contribution in [3.05, 3.63) is 192 Å². The van der Waals surface area contributed by atoms with E-state index < -0.39 is 0 Å². The van der Waals surface area contributed by atoms with E-state index in [1.54, 1.807) is 72.5 Å². The summed E-state index contributed by atoms with van der Waals surface area (Å²) in [7, 11) is 9.64. The maximum atomic E-state index is 6.17. The van der Waals surface area contributed by atoms with Crippen LogP contribution in [-0.2, 0) is 13.1 Å². The van der Waals surface area contributed by atoms with Gasteiger partial charge in [-0.3, -0.25) is 0 Å². The van der Waals surface area contributed by atoms with Crippen LogP contribution in [0.4, 0.5) is 17.5 Å². The zero-order valence-electron chi connectivity index (χ0n) is 51.3. The summed E-state index contributed by atoms with van der Waals surface area (Å²) in [6, 6.07) is 54.4. The van der Waals surface area contributed by atoms with Crippen molar-refractivity contribution >= 4 is 68.4 Å². The highest BCUT2D eigenvalue weighted by Gasteiger charge is 2.33. The van der Waals surface area contributed by atoms with Gasteiger partial charge in [0.25, 0.3) is 0 Å². The van der Waals surface area contributed by atoms with Crippen LogP contribution in [-0.4, -0.2) is 73.9 Å². The Morgan fingerprint density at radius 2 is 0.888 bits per heavy atom. The second kappa shape index (κ2) is 31.4. The second-order valence-electron chi connectivity index (χ2n) is 21.7. The Morgan fingerprint density at radius 3 is 1.33 bits per heavy atom. The third-order valence-electron chi connectivity index (χ3n) is 15.9. The zero-order valence-corrected chi connectivity index (χ0v) is 53.8. The molecule has 0 aliphatic heterocycles. The molecule has 2 saturated carbocycles. The molecule has 0 spiro atoms. The number of nitrogens with zero attached hydrogens (tertiary/aromatic N) is 4. The lowest BCUT2D eigenvalue weighted by atomic mass is 9.99. The average molecular weight is 1280 g/mol. The topological polar surface area (TPSA) is 175 Å². The number of rotatable bonds is 20. The molecule has 89 heavy (non-hydrogen) atoms. The number of fused-ring (bicyclic) bond motifs is 2. The third kappa shape index (κ3) is 16.7. The quantitative estimate of drug-likeness (QED) is 0.0485. The number of pyridine rings is 4. The maximum absolute atomic E-state index is 6.17. The number of hydrogen-bond acceptors (Lipinski definition) is 15. The molecule has 12 rings (SSSR count). The number of hydrogen-bond donors (Lipinski definition) is 3. The minimum absolute atomic E-state index is 0.0365. The van der Waals surface area contributed by atoms with Crippen LogP contribution in [0.5, 0.6) is 57.5 Å². The van der Waals surface area contributed by atoms with Crippen molar-refractivity contribution in [2.75, 3.05) is 59.0 Å². The summed E-state index contributed by atoms with van der Waals surface area (Å²) in [5.41, 5.74) is 14.2. The Morgan fingerprint density at radius 1 is 0.449 bits per heavy atom. The first kappa shape index (κ1) is 63.2. The Balaban J connectivity index is 0.000000148. The van der Waals surface area contributed by atoms with Crippen molar-refractivity contribution in [1.29, 1.82) is 0 Å². The number of benzene rings is 6. The molecule has 4 aromatic heterocycles. The van der Waals surface area contributed by atoms with Gasteiger partial charge in [-0.15, -0.1) is 0 Å². The number of ether oxygens (including phenoxy) is 8. The predicted octanol–water partition coefficient (Wildman–Crippen LogP) is 17.6. The number of methoxy groups -OCH3 is 6. The van der Waals surface area contributed by atoms with Crippen LogP contribution in [0.25, 0.3) is 32.9 Å². The average Bonchev–Trinajstić information content (AvgIpc) is 2.26. The van der Waals surface area contributed by atoms with Gasteiger partial charge in [0.15, 0.2) is 23.0 Å². The molecule has 0 radical (unpaired) electrons. The molecule has 10 aromatic rings. The molecule has 2 fully saturated rings. The maximum Gasteiger partial charge on any atom is 0.162 e. The van der Waals surface area contributed by atoms with Crippen LogP contribution >= 0.6 is 23.9 Å². The Bertz CT molecular complexity index is 3660. The van der Waals surface area contributed by atoms with Gasteiger partial charge < -0.3 is 54.3 Å². The van der Waals surface area contributed by atoms with Gasteiger partial charge in [-0.2, -0.15) is 0 Å². The van der Waals surface area contributed by atoms with Gasteiger partial charge >= 0.3 is 0 Å². The minimum Gasteiger partial charge on any atom is -0.497 e. The van der Waals surface area contributed by atoms with Gasteiger partial charge in [-0.1, -0.05) is 125 Å². The van der Waals surface area contributed by atoms with Crippen molar-refractivity contribution in [1.82, 2.24) is 19.9 Å². The molecule has 0 amide bonds. The highest BCUT2D eigenvalue weighted by Crippen LogP contribution is 2.56. The van der Waals surface area contributed by atoms with Crippen LogP contribution in [0.2, 0.25) is 0 Å². The monoisotopic (exact) mass is 1280 g/mol. The van der Waals surface area contributed by atoms with Crippen molar-refractivity contribution in [2.24, 2.45) is 0 Å². The lowest BCUT2D eigenvalue weighted by molar-refractivity contribution is 0.355. The van der Waals surface area contributed by atoms with Gasteiger partial charge in [-0.25, -0.2) is 19.9 Å². The molecule has 17 heteroatoms. The summed E-state index contributed by atoms with van der Waals surface area (Å²) in [5, 5.41) is 9.99. The number of halogens is 1. The van der Waals surface area contributed by atoms with E-state index in [1.165, 1.54) is 75.3 Å². The van der Waals surface area contributed by atoms with E-state index in [2.05, 4.69) is 91.1 Å². The van der Waals surface area contributed by atoms with E-state index in [4.69, 9.17) is 53.6 Å². The number of nitrogens with two attached hydrogens (primary N) is 1. The fraction of sp³-hybridized carbons (Fsp3) is 0.278. The fourth-order valence-corrected chi connectivity index (χ4v) is 15.6. The summed E-state index contributed by atoms with van der Waals surface area (Å²) in [6.45, 7) is 1.17. The second-order valence-corrected chi connectivity index (χ2v) is 25.2. The van der Waals surface area contributed by atoms with E-state index in [0.29, 0.717) is 87.6 Å². The summed E-state index contributed by atoms with van der Waals surface area (Å²) < 4.78 is 45.3. The molecule has 4 N–H and O–H groups in total. The molecule has 2 aliphatic rings. The largest absolute Gasteiger partial charge is 0.497 e. The van der Waals surface area contributed by atoms with Crippen molar-refractivity contribution in [3.63, 3.8) is 0 Å². The van der Waals surface area contributed by atoms with E-state index >= 15 is 0 Å². The predicted molar refractivity (Wildman–Crippen MR) is 363 cm³/mol. The summed E-state index contributed by atoms with van der Waals surface area (Å²) in [6.07, 6.45) is 17.9. The Labute approximate surface area is 531 Å². The van der Waals surface area contributed by atoms with E-state index in [-0.39, 0.29) is 7.92 Å². The minimum atomic E-state index is -0.0365. The first-order valence-corrected chi connectivity index (χ1v) is 32.4. The van der Waals surface area contributed by atoms with Crippen LogP contribution < -0.4 is 59.6 Å². The Kier molecular flexibility index (Phi) is 22.3. The molecule has 0 bridgehead atoms. The first-order valence-electron chi connectivity index (χ1n) is 30.1. The standard InChI is InChI=1S/C24H22BrN3O4.C24H24N4O4.C24H31P/c2*1-29-16-6-4-15(5-7-16)13-27-24-12-20(32-17-8-9-23(25)26-14-17)18-10-21(30-2)22(31-3)11-19(18)28-24;1-4-12-20(13-5-1)23-18-10-11-19-24(23)25(21-14-6-2-7-15-21)22-16-8-3-9-17-22/h4-12,14H,13H2,1-3H3,(H,27,28);4-12,14H,13H2,1-3H3,(H2,25,26)(H,27,28);1,4-5,10-13,18-19,21-22H,2-3,6-9,14-17H2.